The van der Waals surface area contributed by atoms with Crippen LogP contribution in [0.1, 0.15) is 30.6 Å². The number of urea groups is 1. The van der Waals surface area contributed by atoms with Crippen LogP contribution in [0.25, 0.3) is 0 Å². The lowest BCUT2D eigenvalue weighted by molar-refractivity contribution is -0.142. The van der Waals surface area contributed by atoms with Crippen LogP contribution in [0.5, 0.6) is 11.5 Å². The van der Waals surface area contributed by atoms with Crippen molar-refractivity contribution in [3.8, 4) is 11.5 Å². The number of benzene rings is 1. The average Bonchev–Trinajstić information content (AvgIpc) is 3.21. The Hall–Kier alpha value is -3.16. The van der Waals surface area contributed by atoms with Crippen LogP contribution >= 0.6 is 0 Å². The Morgan fingerprint density at radius 3 is 2.72 bits per heavy atom. The molecular formula is C21H27N3O5. The van der Waals surface area contributed by atoms with Gasteiger partial charge in [0.25, 0.3) is 0 Å². The topological polar surface area (TPSA) is 82.0 Å². The first kappa shape index (κ1) is 20.6. The molecule has 0 saturated carbocycles. The van der Waals surface area contributed by atoms with Gasteiger partial charge in [0.2, 0.25) is 0 Å². The minimum atomic E-state index is -0.325. The van der Waals surface area contributed by atoms with Crippen LogP contribution < -0.4 is 14.8 Å². The number of rotatable bonds is 7. The van der Waals surface area contributed by atoms with E-state index in [2.05, 4.69) is 9.88 Å². The van der Waals surface area contributed by atoms with Crippen LogP contribution in [0.2, 0.25) is 0 Å². The molecule has 2 aromatic rings. The number of aromatic nitrogens is 1. The van der Waals surface area contributed by atoms with E-state index in [4.69, 9.17) is 14.2 Å². The number of nitrogens with one attached hydrogen (secondary N) is 1. The summed E-state index contributed by atoms with van der Waals surface area (Å²) in [5.74, 6) is 1.00. The van der Waals surface area contributed by atoms with Crippen LogP contribution in [-0.4, -0.2) is 55.4 Å². The molecule has 0 saturated heterocycles. The number of fused-ring (bicyclic) bond motifs is 1. The molecule has 0 radical (unpaired) electrons. The third-order valence-electron chi connectivity index (χ3n) is 4.95. The molecule has 0 fully saturated rings. The van der Waals surface area contributed by atoms with Gasteiger partial charge in [-0.3, -0.25) is 4.79 Å². The Bertz CT molecular complexity index is 864. The first-order valence-electron chi connectivity index (χ1n) is 9.66. The lowest BCUT2D eigenvalue weighted by Crippen LogP contribution is -2.47. The summed E-state index contributed by atoms with van der Waals surface area (Å²) in [6, 6.07) is 9.02. The minimum Gasteiger partial charge on any atom is -0.497 e. The zero-order chi connectivity index (χ0) is 20.8. The van der Waals surface area contributed by atoms with Gasteiger partial charge in [-0.25, -0.2) is 4.79 Å². The van der Waals surface area contributed by atoms with Crippen molar-refractivity contribution >= 4 is 12.0 Å². The van der Waals surface area contributed by atoms with Crippen molar-refractivity contribution in [2.24, 2.45) is 0 Å². The Morgan fingerprint density at radius 1 is 1.17 bits per heavy atom. The van der Waals surface area contributed by atoms with Crippen LogP contribution in [0, 0.1) is 0 Å². The summed E-state index contributed by atoms with van der Waals surface area (Å²) in [6.45, 7) is 3.54. The van der Waals surface area contributed by atoms with Gasteiger partial charge >= 0.3 is 12.0 Å². The summed E-state index contributed by atoms with van der Waals surface area (Å²) in [5.41, 5.74) is 1.87. The summed E-state index contributed by atoms with van der Waals surface area (Å²) >= 11 is 0. The molecule has 3 rings (SSSR count). The summed E-state index contributed by atoms with van der Waals surface area (Å²) in [5, 5.41) is 2.84. The lowest BCUT2D eigenvalue weighted by Gasteiger charge is -2.37. The second-order valence-electron chi connectivity index (χ2n) is 6.62. The first-order valence-corrected chi connectivity index (χ1v) is 9.66. The van der Waals surface area contributed by atoms with Crippen molar-refractivity contribution in [2.75, 3.05) is 33.9 Å². The molecule has 156 valence electrons. The fourth-order valence-corrected chi connectivity index (χ4v) is 3.58. The monoisotopic (exact) mass is 401 g/mol. The zero-order valence-electron chi connectivity index (χ0n) is 17.0. The van der Waals surface area contributed by atoms with Crippen LogP contribution in [0.15, 0.2) is 36.5 Å². The molecule has 29 heavy (non-hydrogen) atoms. The maximum atomic E-state index is 13.0. The highest BCUT2D eigenvalue weighted by atomic mass is 16.5. The number of ether oxygens (including phenoxy) is 3. The second-order valence-corrected chi connectivity index (χ2v) is 6.62. The Morgan fingerprint density at radius 2 is 2.00 bits per heavy atom. The average molecular weight is 401 g/mol. The van der Waals surface area contributed by atoms with E-state index in [0.29, 0.717) is 31.2 Å². The van der Waals surface area contributed by atoms with Crippen molar-refractivity contribution in [3.05, 3.63) is 47.8 Å². The largest absolute Gasteiger partial charge is 0.497 e. The Balaban J connectivity index is 1.85. The quantitative estimate of drug-likeness (QED) is 0.721. The molecule has 0 aliphatic carbocycles. The van der Waals surface area contributed by atoms with E-state index in [1.54, 1.807) is 26.0 Å². The van der Waals surface area contributed by atoms with Crippen molar-refractivity contribution in [3.63, 3.8) is 0 Å². The Labute approximate surface area is 170 Å². The number of carbonyl (C=O) groups is 2. The van der Waals surface area contributed by atoms with Gasteiger partial charge in [-0.1, -0.05) is 0 Å². The third kappa shape index (κ3) is 4.47. The molecule has 2 amide bonds. The molecule has 0 bridgehead atoms. The van der Waals surface area contributed by atoms with Gasteiger partial charge in [0.15, 0.2) is 0 Å². The van der Waals surface area contributed by atoms with Gasteiger partial charge < -0.3 is 29.0 Å². The SMILES string of the molecule is CCOC(=O)CCNC(=O)N1CCn2cccc2C1c1ccc(OC)cc1OC. The third-order valence-corrected chi connectivity index (χ3v) is 4.95. The standard InChI is InChI=1S/C21H27N3O5/c1-4-29-19(25)9-10-22-21(26)24-13-12-23-11-5-6-17(23)20(24)16-8-7-15(27-2)14-18(16)28-3/h5-8,11,14,20H,4,9-10,12-13H2,1-3H3,(H,22,26). The number of esters is 1. The fraction of sp³-hybridized carbons (Fsp3) is 0.429. The van der Waals surface area contributed by atoms with Gasteiger partial charge in [-0.15, -0.1) is 0 Å². The molecule has 1 aliphatic heterocycles. The van der Waals surface area contributed by atoms with Gasteiger partial charge in [0.1, 0.15) is 17.5 Å². The molecule has 1 unspecified atom stereocenters. The maximum Gasteiger partial charge on any atom is 0.318 e. The van der Waals surface area contributed by atoms with Gasteiger partial charge in [0.05, 0.1) is 27.2 Å². The molecular weight excluding hydrogens is 374 g/mol. The minimum absolute atomic E-state index is 0.139. The molecule has 1 aromatic heterocycles. The normalized spacial score (nSPS) is 15.4. The van der Waals surface area contributed by atoms with E-state index in [1.807, 2.05) is 36.5 Å². The summed E-state index contributed by atoms with van der Waals surface area (Å²) < 4.78 is 17.9. The lowest BCUT2D eigenvalue weighted by atomic mass is 9.99. The van der Waals surface area contributed by atoms with E-state index >= 15 is 0 Å². The van der Waals surface area contributed by atoms with Crippen LogP contribution in [0.4, 0.5) is 4.79 Å². The number of nitrogens with zero attached hydrogens (tertiary/aromatic N) is 2. The van der Waals surface area contributed by atoms with Crippen molar-refractivity contribution in [2.45, 2.75) is 25.9 Å². The molecule has 1 aromatic carbocycles. The molecule has 0 spiro atoms. The molecule has 1 atom stereocenters. The molecule has 1 N–H and O–H groups in total. The van der Waals surface area contributed by atoms with E-state index in [0.717, 1.165) is 11.3 Å². The Kier molecular flexibility index (Phi) is 6.64. The van der Waals surface area contributed by atoms with Gasteiger partial charge in [0, 0.05) is 43.2 Å². The smallest absolute Gasteiger partial charge is 0.318 e. The molecule has 1 aliphatic rings. The van der Waals surface area contributed by atoms with Crippen molar-refractivity contribution in [1.82, 2.24) is 14.8 Å². The number of hydrogen-bond acceptors (Lipinski definition) is 5. The summed E-state index contributed by atoms with van der Waals surface area (Å²) in [4.78, 5) is 26.3. The summed E-state index contributed by atoms with van der Waals surface area (Å²) in [7, 11) is 3.20. The first-order chi connectivity index (χ1) is 14.1. The highest BCUT2D eigenvalue weighted by molar-refractivity contribution is 5.77. The van der Waals surface area contributed by atoms with Crippen LogP contribution in [-0.2, 0) is 16.1 Å². The number of methoxy groups -OCH3 is 2. The predicted molar refractivity (Wildman–Crippen MR) is 107 cm³/mol. The van der Waals surface area contributed by atoms with Crippen molar-refractivity contribution in [1.29, 1.82) is 0 Å². The van der Waals surface area contributed by atoms with E-state index in [9.17, 15) is 9.59 Å². The highest BCUT2D eigenvalue weighted by Crippen LogP contribution is 2.38. The predicted octanol–water partition coefficient (Wildman–Crippen LogP) is 2.57. The van der Waals surface area contributed by atoms with Crippen LogP contribution in [0.3, 0.4) is 0 Å². The number of amides is 2. The number of hydrogen-bond donors (Lipinski definition) is 1. The molecule has 2 heterocycles. The zero-order valence-corrected chi connectivity index (χ0v) is 17.0. The van der Waals surface area contributed by atoms with E-state index < -0.39 is 0 Å². The van der Waals surface area contributed by atoms with E-state index in [-0.39, 0.29) is 31.0 Å². The second kappa shape index (κ2) is 9.36. The number of carbonyl (C=O) groups excluding carboxylic acids is 2. The van der Waals surface area contributed by atoms with Crippen molar-refractivity contribution < 1.29 is 23.8 Å². The highest BCUT2D eigenvalue weighted by Gasteiger charge is 2.34. The summed E-state index contributed by atoms with van der Waals surface area (Å²) in [6.07, 6.45) is 2.15. The molecule has 8 nitrogen and oxygen atoms in total. The maximum absolute atomic E-state index is 13.0. The van der Waals surface area contributed by atoms with Gasteiger partial charge in [-0.05, 0) is 31.2 Å². The fourth-order valence-electron chi connectivity index (χ4n) is 3.58. The van der Waals surface area contributed by atoms with E-state index in [1.165, 1.54) is 0 Å². The van der Waals surface area contributed by atoms with Gasteiger partial charge in [-0.2, -0.15) is 0 Å². The molecule has 8 heteroatoms.